The Labute approximate surface area is 105 Å². The maximum absolute atomic E-state index is 11.6. The quantitative estimate of drug-likeness (QED) is 0.480. The Hall–Kier alpha value is -1.75. The molecule has 0 saturated heterocycles. The van der Waals surface area contributed by atoms with Crippen molar-refractivity contribution in [2.24, 2.45) is 10.9 Å². The molecule has 3 N–H and O–H groups in total. The van der Waals surface area contributed by atoms with Crippen LogP contribution in [0.1, 0.15) is 13.3 Å². The number of benzene rings is 1. The molecule has 0 unspecified atom stereocenters. The Morgan fingerprint density at radius 2 is 2.24 bits per heavy atom. The molecule has 6 heteroatoms. The fourth-order valence-corrected chi connectivity index (χ4v) is 1.28. The molecule has 0 fully saturated rings. The summed E-state index contributed by atoms with van der Waals surface area (Å²) in [7, 11) is 0. The van der Waals surface area contributed by atoms with Crippen LogP contribution >= 0.6 is 11.6 Å². The zero-order chi connectivity index (χ0) is 12.7. The van der Waals surface area contributed by atoms with Gasteiger partial charge in [-0.05, 0) is 19.1 Å². The Bertz CT molecular complexity index is 421. The van der Waals surface area contributed by atoms with E-state index in [0.717, 1.165) is 0 Å². The van der Waals surface area contributed by atoms with Crippen molar-refractivity contribution >= 4 is 29.0 Å². The van der Waals surface area contributed by atoms with E-state index < -0.39 is 0 Å². The SMILES string of the molecule is CCO/N=C(/N)CC(=O)Nc1ccccc1Cl. The predicted octanol–water partition coefficient (Wildman–Crippen LogP) is 1.98. The van der Waals surface area contributed by atoms with Gasteiger partial charge in [-0.3, -0.25) is 4.79 Å². The van der Waals surface area contributed by atoms with Gasteiger partial charge in [-0.1, -0.05) is 28.9 Å². The first-order chi connectivity index (χ1) is 8.13. The minimum atomic E-state index is -0.293. The second-order valence-electron chi connectivity index (χ2n) is 3.21. The number of amidine groups is 1. The Morgan fingerprint density at radius 1 is 1.53 bits per heavy atom. The van der Waals surface area contributed by atoms with Gasteiger partial charge < -0.3 is 15.9 Å². The van der Waals surface area contributed by atoms with Gasteiger partial charge in [-0.15, -0.1) is 0 Å². The average Bonchev–Trinajstić information content (AvgIpc) is 2.29. The largest absolute Gasteiger partial charge is 0.395 e. The molecule has 1 aromatic rings. The molecule has 0 spiro atoms. The number of anilines is 1. The van der Waals surface area contributed by atoms with Crippen LogP contribution in [0.25, 0.3) is 0 Å². The molecule has 0 heterocycles. The van der Waals surface area contributed by atoms with E-state index in [4.69, 9.17) is 22.2 Å². The molecule has 17 heavy (non-hydrogen) atoms. The molecular formula is C11H14ClN3O2. The van der Waals surface area contributed by atoms with Gasteiger partial charge >= 0.3 is 0 Å². The van der Waals surface area contributed by atoms with E-state index >= 15 is 0 Å². The summed E-state index contributed by atoms with van der Waals surface area (Å²) in [5, 5.41) is 6.65. The van der Waals surface area contributed by atoms with Gasteiger partial charge in [0.15, 0.2) is 0 Å². The molecule has 1 amide bonds. The highest BCUT2D eigenvalue weighted by atomic mass is 35.5. The zero-order valence-corrected chi connectivity index (χ0v) is 10.2. The van der Waals surface area contributed by atoms with Crippen LogP contribution in [0, 0.1) is 0 Å². The zero-order valence-electron chi connectivity index (χ0n) is 9.44. The molecule has 0 aromatic heterocycles. The highest BCUT2D eigenvalue weighted by Crippen LogP contribution is 2.20. The summed E-state index contributed by atoms with van der Waals surface area (Å²) in [6.07, 6.45) is -0.0365. The molecule has 0 atom stereocenters. The van der Waals surface area contributed by atoms with E-state index in [9.17, 15) is 4.79 Å². The van der Waals surface area contributed by atoms with Crippen LogP contribution in [0.15, 0.2) is 29.4 Å². The van der Waals surface area contributed by atoms with Gasteiger partial charge in [0, 0.05) is 0 Å². The minimum Gasteiger partial charge on any atom is -0.395 e. The lowest BCUT2D eigenvalue weighted by Gasteiger charge is -2.06. The number of nitrogens with two attached hydrogens (primary N) is 1. The first-order valence-electron chi connectivity index (χ1n) is 5.12. The second kappa shape index (κ2) is 6.75. The monoisotopic (exact) mass is 255 g/mol. The van der Waals surface area contributed by atoms with Gasteiger partial charge in [0.1, 0.15) is 12.4 Å². The van der Waals surface area contributed by atoms with Gasteiger partial charge in [-0.2, -0.15) is 0 Å². The van der Waals surface area contributed by atoms with E-state index in [1.165, 1.54) is 0 Å². The number of carbonyl (C=O) groups is 1. The smallest absolute Gasteiger partial charge is 0.232 e. The molecule has 0 aliphatic rings. The van der Waals surface area contributed by atoms with Crippen LogP contribution in [0.2, 0.25) is 5.02 Å². The van der Waals surface area contributed by atoms with Gasteiger partial charge in [-0.25, -0.2) is 0 Å². The highest BCUT2D eigenvalue weighted by Gasteiger charge is 2.07. The maximum atomic E-state index is 11.6. The highest BCUT2D eigenvalue weighted by molar-refractivity contribution is 6.33. The lowest BCUT2D eigenvalue weighted by molar-refractivity contribution is -0.115. The van der Waals surface area contributed by atoms with Gasteiger partial charge in [0.05, 0.1) is 17.1 Å². The molecule has 0 saturated carbocycles. The fraction of sp³-hybridized carbons (Fsp3) is 0.273. The van der Waals surface area contributed by atoms with Crippen LogP contribution in [-0.2, 0) is 9.63 Å². The third-order valence-electron chi connectivity index (χ3n) is 1.80. The molecule has 0 aliphatic heterocycles. The average molecular weight is 256 g/mol. The number of rotatable bonds is 5. The van der Waals surface area contributed by atoms with Crippen LogP contribution in [-0.4, -0.2) is 18.3 Å². The third kappa shape index (κ3) is 4.74. The first kappa shape index (κ1) is 13.3. The topological polar surface area (TPSA) is 76.7 Å². The fourth-order valence-electron chi connectivity index (χ4n) is 1.10. The van der Waals surface area contributed by atoms with Crippen LogP contribution in [0.5, 0.6) is 0 Å². The Kier molecular flexibility index (Phi) is 5.29. The first-order valence-corrected chi connectivity index (χ1v) is 5.50. The number of nitrogens with one attached hydrogen (secondary N) is 1. The second-order valence-corrected chi connectivity index (χ2v) is 3.61. The van der Waals surface area contributed by atoms with Crippen molar-refractivity contribution in [3.05, 3.63) is 29.3 Å². The number of oxime groups is 1. The predicted molar refractivity (Wildman–Crippen MR) is 67.9 cm³/mol. The van der Waals surface area contributed by atoms with Crippen LogP contribution in [0.3, 0.4) is 0 Å². The molecule has 5 nitrogen and oxygen atoms in total. The molecule has 0 aliphatic carbocycles. The van der Waals surface area contributed by atoms with Gasteiger partial charge in [0.2, 0.25) is 5.91 Å². The minimum absolute atomic E-state index is 0.0365. The summed E-state index contributed by atoms with van der Waals surface area (Å²) in [6, 6.07) is 6.95. The number of amides is 1. The van der Waals surface area contributed by atoms with E-state index in [0.29, 0.717) is 17.3 Å². The number of hydrogen-bond donors (Lipinski definition) is 2. The summed E-state index contributed by atoms with van der Waals surface area (Å²) in [5.41, 5.74) is 6.03. The van der Waals surface area contributed by atoms with Gasteiger partial charge in [0.25, 0.3) is 0 Å². The van der Waals surface area contributed by atoms with Crippen LogP contribution in [0.4, 0.5) is 5.69 Å². The summed E-state index contributed by atoms with van der Waals surface area (Å²) >= 11 is 5.89. The molecule has 0 radical (unpaired) electrons. The Morgan fingerprint density at radius 3 is 2.88 bits per heavy atom. The van der Waals surface area contributed by atoms with Crippen molar-refractivity contribution in [3.8, 4) is 0 Å². The van der Waals surface area contributed by atoms with E-state index in [1.807, 2.05) is 0 Å². The molecule has 92 valence electrons. The van der Waals surface area contributed by atoms with Crippen molar-refractivity contribution in [2.75, 3.05) is 11.9 Å². The van der Waals surface area contributed by atoms with E-state index in [2.05, 4.69) is 10.5 Å². The number of nitrogens with zero attached hydrogens (tertiary/aromatic N) is 1. The number of halogens is 1. The van der Waals surface area contributed by atoms with Crippen molar-refractivity contribution in [1.29, 1.82) is 0 Å². The lowest BCUT2D eigenvalue weighted by atomic mass is 10.3. The number of hydrogen-bond acceptors (Lipinski definition) is 3. The summed E-state index contributed by atoms with van der Waals surface area (Å²) in [4.78, 5) is 16.3. The normalized spacial score (nSPS) is 11.1. The Balaban J connectivity index is 2.53. The van der Waals surface area contributed by atoms with Crippen molar-refractivity contribution in [2.45, 2.75) is 13.3 Å². The summed E-state index contributed by atoms with van der Waals surface area (Å²) in [6.45, 7) is 2.19. The molecule has 0 bridgehead atoms. The number of para-hydroxylation sites is 1. The van der Waals surface area contributed by atoms with E-state index in [1.54, 1.807) is 31.2 Å². The summed E-state index contributed by atoms with van der Waals surface area (Å²) < 4.78 is 0. The molecular weight excluding hydrogens is 242 g/mol. The summed E-state index contributed by atoms with van der Waals surface area (Å²) in [5.74, 6) is -0.171. The van der Waals surface area contributed by atoms with Crippen LogP contribution < -0.4 is 11.1 Å². The van der Waals surface area contributed by atoms with Crippen molar-refractivity contribution in [3.63, 3.8) is 0 Å². The lowest BCUT2D eigenvalue weighted by Crippen LogP contribution is -2.22. The standard InChI is InChI=1S/C11H14ClN3O2/c1-2-17-15-10(13)7-11(16)14-9-6-4-3-5-8(9)12/h3-6H,2,7H2,1H3,(H2,13,15)(H,14,16). The van der Waals surface area contributed by atoms with Crippen molar-refractivity contribution in [1.82, 2.24) is 0 Å². The van der Waals surface area contributed by atoms with E-state index in [-0.39, 0.29) is 18.2 Å². The third-order valence-corrected chi connectivity index (χ3v) is 2.13. The molecule has 1 aromatic carbocycles. The van der Waals surface area contributed by atoms with Crippen molar-refractivity contribution < 1.29 is 9.63 Å². The molecule has 1 rings (SSSR count). The number of carbonyl (C=O) groups excluding carboxylic acids is 1. The maximum Gasteiger partial charge on any atom is 0.232 e.